The second-order valence-corrected chi connectivity index (χ2v) is 4.62. The van der Waals surface area contributed by atoms with Crippen molar-refractivity contribution in [1.29, 1.82) is 0 Å². The SMILES string of the molecule is COC(=O)CC(=O)C(C)C(O)(CN=[N+]=[N-])c1ccccc1. The summed E-state index contributed by atoms with van der Waals surface area (Å²) in [6.07, 6.45) is -0.441. The molecule has 21 heavy (non-hydrogen) atoms. The van der Waals surface area contributed by atoms with Crippen molar-refractivity contribution in [3.8, 4) is 0 Å². The van der Waals surface area contributed by atoms with Crippen molar-refractivity contribution in [1.82, 2.24) is 0 Å². The first-order chi connectivity index (χ1) is 9.95. The molecule has 1 aromatic carbocycles. The van der Waals surface area contributed by atoms with E-state index in [1.165, 1.54) is 14.0 Å². The number of carbonyl (C=O) groups is 2. The number of carbonyl (C=O) groups excluding carboxylic acids is 2. The summed E-state index contributed by atoms with van der Waals surface area (Å²) in [5.41, 5.74) is 7.25. The Labute approximate surface area is 122 Å². The van der Waals surface area contributed by atoms with Crippen LogP contribution in [0.4, 0.5) is 0 Å². The molecular formula is C14H17N3O4. The Balaban J connectivity index is 3.09. The maximum Gasteiger partial charge on any atom is 0.313 e. The highest BCUT2D eigenvalue weighted by Gasteiger charge is 2.39. The van der Waals surface area contributed by atoms with Gasteiger partial charge in [0.05, 0.1) is 13.7 Å². The fourth-order valence-electron chi connectivity index (χ4n) is 1.98. The number of ether oxygens (including phenoxy) is 1. The van der Waals surface area contributed by atoms with Crippen molar-refractivity contribution >= 4 is 11.8 Å². The molecule has 0 radical (unpaired) electrons. The summed E-state index contributed by atoms with van der Waals surface area (Å²) in [7, 11) is 1.18. The standard InChI is InChI=1S/C14H17N3O4/c1-10(12(18)8-13(19)21-2)14(20,9-16-17-15)11-6-4-3-5-7-11/h3-7,10,20H,8-9H2,1-2H3. The monoisotopic (exact) mass is 291 g/mol. The third-order valence-corrected chi connectivity index (χ3v) is 3.39. The van der Waals surface area contributed by atoms with Gasteiger partial charge in [-0.05, 0) is 11.1 Å². The summed E-state index contributed by atoms with van der Waals surface area (Å²) in [5.74, 6) is -2.09. The highest BCUT2D eigenvalue weighted by molar-refractivity contribution is 5.97. The van der Waals surface area contributed by atoms with Crippen molar-refractivity contribution in [3.05, 3.63) is 46.3 Å². The van der Waals surface area contributed by atoms with Crippen LogP contribution in [-0.2, 0) is 19.9 Å². The summed E-state index contributed by atoms with van der Waals surface area (Å²) in [5, 5.41) is 14.2. The molecule has 2 unspecified atom stereocenters. The molecule has 0 aliphatic heterocycles. The summed E-state index contributed by atoms with van der Waals surface area (Å²) < 4.78 is 4.45. The molecule has 0 aliphatic carbocycles. The normalized spacial score (nSPS) is 14.4. The predicted octanol–water partition coefficient (Wildman–Crippen LogP) is 1.95. The van der Waals surface area contributed by atoms with E-state index in [1.807, 2.05) is 0 Å². The van der Waals surface area contributed by atoms with E-state index in [0.717, 1.165) is 0 Å². The number of aliphatic hydroxyl groups is 1. The molecule has 2 atom stereocenters. The van der Waals surface area contributed by atoms with E-state index in [0.29, 0.717) is 5.56 Å². The van der Waals surface area contributed by atoms with Gasteiger partial charge in [-0.2, -0.15) is 0 Å². The zero-order valence-corrected chi connectivity index (χ0v) is 11.9. The molecule has 0 bridgehead atoms. The van der Waals surface area contributed by atoms with Gasteiger partial charge >= 0.3 is 5.97 Å². The minimum absolute atomic E-state index is 0.304. The maximum absolute atomic E-state index is 12.1. The molecule has 0 aliphatic rings. The molecule has 0 heterocycles. The van der Waals surface area contributed by atoms with Gasteiger partial charge in [0.25, 0.3) is 0 Å². The fourth-order valence-corrected chi connectivity index (χ4v) is 1.98. The average Bonchev–Trinajstić information content (AvgIpc) is 2.52. The summed E-state index contributed by atoms with van der Waals surface area (Å²) in [4.78, 5) is 25.9. The van der Waals surface area contributed by atoms with Crippen LogP contribution in [0, 0.1) is 5.92 Å². The number of esters is 1. The third kappa shape index (κ3) is 4.05. The van der Waals surface area contributed by atoms with Crippen molar-refractivity contribution in [2.24, 2.45) is 11.0 Å². The van der Waals surface area contributed by atoms with Crippen molar-refractivity contribution in [2.45, 2.75) is 18.9 Å². The number of Topliss-reactive ketones (excluding diaryl/α,β-unsaturated/α-hetero) is 1. The first kappa shape index (κ1) is 16.7. The second-order valence-electron chi connectivity index (χ2n) is 4.62. The summed E-state index contributed by atoms with van der Waals surface area (Å²) in [6, 6.07) is 8.43. The highest BCUT2D eigenvalue weighted by atomic mass is 16.5. The first-order valence-corrected chi connectivity index (χ1v) is 6.34. The fraction of sp³-hybridized carbons (Fsp3) is 0.429. The Hall–Kier alpha value is -2.37. The topological polar surface area (TPSA) is 112 Å². The van der Waals surface area contributed by atoms with Crippen molar-refractivity contribution in [3.63, 3.8) is 0 Å². The molecule has 112 valence electrons. The molecule has 1 rings (SSSR count). The number of nitrogens with zero attached hydrogens (tertiary/aromatic N) is 3. The zero-order chi connectivity index (χ0) is 15.9. The number of ketones is 1. The Morgan fingerprint density at radius 3 is 2.57 bits per heavy atom. The van der Waals surface area contributed by atoms with Gasteiger partial charge in [-0.1, -0.05) is 42.4 Å². The molecule has 0 saturated heterocycles. The molecule has 7 heteroatoms. The number of methoxy groups -OCH3 is 1. The van der Waals surface area contributed by atoms with Crippen LogP contribution < -0.4 is 0 Å². The van der Waals surface area contributed by atoms with Crippen LogP contribution in [0.25, 0.3) is 10.4 Å². The lowest BCUT2D eigenvalue weighted by Crippen LogP contribution is -2.41. The third-order valence-electron chi connectivity index (χ3n) is 3.39. The number of rotatable bonds is 7. The minimum atomic E-state index is -1.67. The molecule has 1 N–H and O–H groups in total. The van der Waals surface area contributed by atoms with Gasteiger partial charge < -0.3 is 9.84 Å². The Kier molecular flexibility index (Phi) is 5.90. The van der Waals surface area contributed by atoms with E-state index in [1.54, 1.807) is 30.3 Å². The molecule has 0 fully saturated rings. The lowest BCUT2D eigenvalue weighted by atomic mass is 9.79. The van der Waals surface area contributed by atoms with E-state index >= 15 is 0 Å². The van der Waals surface area contributed by atoms with Crippen LogP contribution in [0.1, 0.15) is 18.9 Å². The number of hydrogen-bond acceptors (Lipinski definition) is 5. The lowest BCUT2D eigenvalue weighted by Gasteiger charge is -2.32. The van der Waals surface area contributed by atoms with Gasteiger partial charge in [0.15, 0.2) is 0 Å². The van der Waals surface area contributed by atoms with E-state index in [4.69, 9.17) is 5.53 Å². The van der Waals surface area contributed by atoms with Crippen LogP contribution >= 0.6 is 0 Å². The largest absolute Gasteiger partial charge is 0.469 e. The van der Waals surface area contributed by atoms with Crippen molar-refractivity contribution < 1.29 is 19.4 Å². The predicted molar refractivity (Wildman–Crippen MR) is 75.2 cm³/mol. The molecule has 0 saturated carbocycles. The molecule has 7 nitrogen and oxygen atoms in total. The Morgan fingerprint density at radius 1 is 1.43 bits per heavy atom. The van der Waals surface area contributed by atoms with Crippen LogP contribution in [0.15, 0.2) is 35.4 Å². The second kappa shape index (κ2) is 7.42. The first-order valence-electron chi connectivity index (χ1n) is 6.34. The number of azide groups is 1. The molecule has 0 aromatic heterocycles. The van der Waals surface area contributed by atoms with Gasteiger partial charge in [-0.15, -0.1) is 0 Å². The lowest BCUT2D eigenvalue weighted by molar-refractivity contribution is -0.146. The Bertz CT molecular complexity index is 555. The summed E-state index contributed by atoms with van der Waals surface area (Å²) in [6.45, 7) is 1.19. The van der Waals surface area contributed by atoms with E-state index in [9.17, 15) is 14.7 Å². The van der Waals surface area contributed by atoms with Gasteiger partial charge in [0.2, 0.25) is 0 Å². The van der Waals surface area contributed by atoms with Gasteiger partial charge in [0, 0.05) is 10.8 Å². The molecule has 0 amide bonds. The van der Waals surface area contributed by atoms with Crippen molar-refractivity contribution in [2.75, 3.05) is 13.7 Å². The average molecular weight is 291 g/mol. The Morgan fingerprint density at radius 2 is 2.05 bits per heavy atom. The van der Waals surface area contributed by atoms with E-state index < -0.39 is 29.7 Å². The zero-order valence-electron chi connectivity index (χ0n) is 11.9. The van der Waals surface area contributed by atoms with Gasteiger partial charge in [0.1, 0.15) is 17.8 Å². The van der Waals surface area contributed by atoms with Gasteiger partial charge in [-0.3, -0.25) is 9.59 Å². The number of benzene rings is 1. The molecule has 0 spiro atoms. The summed E-state index contributed by atoms with van der Waals surface area (Å²) >= 11 is 0. The van der Waals surface area contributed by atoms with E-state index in [2.05, 4.69) is 14.8 Å². The van der Waals surface area contributed by atoms with Gasteiger partial charge in [-0.25, -0.2) is 0 Å². The van der Waals surface area contributed by atoms with Crippen LogP contribution in [0.3, 0.4) is 0 Å². The quantitative estimate of drug-likeness (QED) is 0.272. The van der Waals surface area contributed by atoms with E-state index in [-0.39, 0.29) is 6.54 Å². The molecule has 1 aromatic rings. The number of hydrogen-bond donors (Lipinski definition) is 1. The minimum Gasteiger partial charge on any atom is -0.469 e. The molecular weight excluding hydrogens is 274 g/mol. The van der Waals surface area contributed by atoms with Crippen LogP contribution in [0.5, 0.6) is 0 Å². The van der Waals surface area contributed by atoms with Crippen LogP contribution in [-0.4, -0.2) is 30.5 Å². The maximum atomic E-state index is 12.1. The highest BCUT2D eigenvalue weighted by Crippen LogP contribution is 2.31. The smallest absolute Gasteiger partial charge is 0.313 e. The van der Waals surface area contributed by atoms with Crippen LogP contribution in [0.2, 0.25) is 0 Å².